The normalized spacial score (nSPS) is 17.4. The molecule has 4 aromatic carbocycles. The van der Waals surface area contributed by atoms with Gasteiger partial charge in [0.2, 0.25) is 5.12 Å². The number of benzene rings is 4. The van der Waals surface area contributed by atoms with Gasteiger partial charge in [0, 0.05) is 0 Å². The Kier molecular flexibility index (Phi) is 3.45. The van der Waals surface area contributed by atoms with Gasteiger partial charge in [0.25, 0.3) is 0 Å². The fourth-order valence-corrected chi connectivity index (χ4v) is 7.01. The van der Waals surface area contributed by atoms with E-state index in [1.165, 1.54) is 34.0 Å². The average molecular weight is 391 g/mol. The molecular weight excluding hydrogens is 372 g/mol. The molecule has 138 valence electrons. The van der Waals surface area contributed by atoms with Crippen molar-refractivity contribution in [2.24, 2.45) is 0 Å². The van der Waals surface area contributed by atoms with E-state index in [1.54, 1.807) is 0 Å². The van der Waals surface area contributed by atoms with Crippen molar-refractivity contribution in [1.29, 1.82) is 0 Å². The summed E-state index contributed by atoms with van der Waals surface area (Å²) < 4.78 is -0.458. The van der Waals surface area contributed by atoms with E-state index in [9.17, 15) is 4.79 Å². The summed E-state index contributed by atoms with van der Waals surface area (Å²) in [6, 6.07) is 37.8. The van der Waals surface area contributed by atoms with Gasteiger partial charge in [0.1, 0.15) is 5.41 Å². The zero-order valence-electron chi connectivity index (χ0n) is 15.7. The van der Waals surface area contributed by atoms with Crippen molar-refractivity contribution in [1.82, 2.24) is 0 Å². The minimum atomic E-state index is -0.747. The first-order chi connectivity index (χ1) is 14.3. The van der Waals surface area contributed by atoms with Crippen LogP contribution in [-0.2, 0) is 15.0 Å². The predicted molar refractivity (Wildman–Crippen MR) is 119 cm³/mol. The summed E-state index contributed by atoms with van der Waals surface area (Å²) >= 11 is 1.48. The van der Waals surface area contributed by atoms with Gasteiger partial charge in [-0.2, -0.15) is 0 Å². The third-order valence-electron chi connectivity index (χ3n) is 6.40. The van der Waals surface area contributed by atoms with E-state index in [0.717, 1.165) is 11.1 Å². The van der Waals surface area contributed by atoms with Crippen molar-refractivity contribution in [3.63, 3.8) is 0 Å². The molecule has 1 heterocycles. The van der Waals surface area contributed by atoms with Crippen LogP contribution >= 0.6 is 11.8 Å². The summed E-state index contributed by atoms with van der Waals surface area (Å²) in [6.07, 6.45) is 0. The lowest BCUT2D eigenvalue weighted by atomic mass is 9.61. The van der Waals surface area contributed by atoms with Crippen molar-refractivity contribution in [2.45, 2.75) is 10.2 Å². The summed E-state index contributed by atoms with van der Waals surface area (Å²) in [5.41, 5.74) is 6.31. The lowest BCUT2D eigenvalue weighted by molar-refractivity contribution is -0.117. The molecule has 1 fully saturated rings. The van der Waals surface area contributed by atoms with Crippen LogP contribution in [0.15, 0.2) is 109 Å². The van der Waals surface area contributed by atoms with Crippen molar-refractivity contribution in [3.8, 4) is 11.1 Å². The first-order valence-corrected chi connectivity index (χ1v) is 10.7. The zero-order chi connectivity index (χ0) is 19.5. The second kappa shape index (κ2) is 5.95. The largest absolute Gasteiger partial charge is 0.286 e. The Bertz CT molecular complexity index is 1160. The second-order valence-electron chi connectivity index (χ2n) is 7.64. The molecule has 29 heavy (non-hydrogen) atoms. The fraction of sp³-hybridized carbons (Fsp3) is 0.0741. The molecule has 1 saturated heterocycles. The lowest BCUT2D eigenvalue weighted by Crippen LogP contribution is -2.61. The summed E-state index contributed by atoms with van der Waals surface area (Å²) in [5.74, 6) is 0. The Morgan fingerprint density at radius 1 is 0.517 bits per heavy atom. The van der Waals surface area contributed by atoms with Crippen LogP contribution in [0.2, 0.25) is 0 Å². The third kappa shape index (κ3) is 1.90. The molecule has 1 aliphatic carbocycles. The van der Waals surface area contributed by atoms with Gasteiger partial charge in [0.05, 0.1) is 4.75 Å². The van der Waals surface area contributed by atoms with Gasteiger partial charge in [-0.15, -0.1) is 0 Å². The first-order valence-electron chi connectivity index (χ1n) is 9.84. The number of fused-ring (bicyclic) bond motifs is 5. The Morgan fingerprint density at radius 3 is 1.38 bits per heavy atom. The molecule has 4 aromatic rings. The van der Waals surface area contributed by atoms with Crippen molar-refractivity contribution in [2.75, 3.05) is 0 Å². The lowest BCUT2D eigenvalue weighted by Gasteiger charge is -2.56. The van der Waals surface area contributed by atoms with Gasteiger partial charge in [-0.05, 0) is 33.4 Å². The van der Waals surface area contributed by atoms with Gasteiger partial charge in [0.15, 0.2) is 0 Å². The summed E-state index contributed by atoms with van der Waals surface area (Å²) in [7, 11) is 0. The van der Waals surface area contributed by atoms with Crippen LogP contribution in [0.1, 0.15) is 22.3 Å². The number of carbonyl (C=O) groups is 1. The third-order valence-corrected chi connectivity index (χ3v) is 7.94. The first kappa shape index (κ1) is 16.8. The van der Waals surface area contributed by atoms with E-state index in [2.05, 4.69) is 72.8 Å². The highest BCUT2D eigenvalue weighted by Crippen LogP contribution is 2.73. The van der Waals surface area contributed by atoms with Crippen LogP contribution in [0.4, 0.5) is 0 Å². The van der Waals surface area contributed by atoms with E-state index >= 15 is 0 Å². The molecule has 1 nitrogen and oxygen atoms in total. The molecule has 0 radical (unpaired) electrons. The maximum atomic E-state index is 13.7. The molecule has 0 N–H and O–H groups in total. The molecule has 0 unspecified atom stereocenters. The van der Waals surface area contributed by atoms with Crippen LogP contribution in [0, 0.1) is 0 Å². The molecule has 0 bridgehead atoms. The highest BCUT2D eigenvalue weighted by atomic mass is 32.2. The molecule has 6 rings (SSSR count). The van der Waals surface area contributed by atoms with Gasteiger partial charge < -0.3 is 0 Å². The van der Waals surface area contributed by atoms with Crippen LogP contribution in [-0.4, -0.2) is 5.12 Å². The molecule has 0 aromatic heterocycles. The number of hydrogen-bond acceptors (Lipinski definition) is 2. The number of hydrogen-bond donors (Lipinski definition) is 0. The molecule has 0 atom stereocenters. The highest BCUT2D eigenvalue weighted by molar-refractivity contribution is 8.17. The molecule has 0 amide bonds. The summed E-state index contributed by atoms with van der Waals surface area (Å²) in [6.45, 7) is 0. The minimum absolute atomic E-state index is 0.210. The number of rotatable bonds is 2. The van der Waals surface area contributed by atoms with E-state index in [-0.39, 0.29) is 5.12 Å². The average Bonchev–Trinajstić information content (AvgIpc) is 3.08. The SMILES string of the molecule is O=C1SC2(c3ccccc3-c3ccccc32)C1(c1ccccc1)c1ccccc1. The van der Waals surface area contributed by atoms with E-state index in [1.807, 2.05) is 36.4 Å². The van der Waals surface area contributed by atoms with Crippen molar-refractivity contribution < 1.29 is 4.79 Å². The van der Waals surface area contributed by atoms with Gasteiger partial charge in [-0.3, -0.25) is 4.79 Å². The highest BCUT2D eigenvalue weighted by Gasteiger charge is 2.72. The minimum Gasteiger partial charge on any atom is -0.286 e. The summed E-state index contributed by atoms with van der Waals surface area (Å²) in [4.78, 5) is 13.7. The van der Waals surface area contributed by atoms with Gasteiger partial charge in [-0.25, -0.2) is 0 Å². The molecular formula is C27H18OS. The molecule has 1 spiro atoms. The monoisotopic (exact) mass is 390 g/mol. The van der Waals surface area contributed by atoms with Crippen LogP contribution in [0.5, 0.6) is 0 Å². The van der Waals surface area contributed by atoms with Gasteiger partial charge >= 0.3 is 0 Å². The van der Waals surface area contributed by atoms with Crippen LogP contribution in [0.25, 0.3) is 11.1 Å². The zero-order valence-corrected chi connectivity index (χ0v) is 16.5. The Hall–Kier alpha value is -3.10. The Balaban J connectivity index is 1.78. The molecule has 0 saturated carbocycles. The Morgan fingerprint density at radius 2 is 0.931 bits per heavy atom. The van der Waals surface area contributed by atoms with Crippen LogP contribution < -0.4 is 0 Å². The number of thioether (sulfide) groups is 1. The topological polar surface area (TPSA) is 17.1 Å². The summed E-state index contributed by atoms with van der Waals surface area (Å²) in [5, 5.41) is 0.210. The maximum absolute atomic E-state index is 13.7. The van der Waals surface area contributed by atoms with Crippen molar-refractivity contribution >= 4 is 16.9 Å². The standard InChI is InChI=1S/C27H18OS/c28-25-26(19-11-3-1-4-12-19,20-13-5-2-6-14-20)27(29-25)23-17-9-7-15-21(23)22-16-8-10-18-24(22)27/h1-18H. The van der Waals surface area contributed by atoms with E-state index in [0.29, 0.717) is 0 Å². The van der Waals surface area contributed by atoms with Crippen molar-refractivity contribution in [3.05, 3.63) is 131 Å². The molecule has 2 aliphatic rings. The van der Waals surface area contributed by atoms with E-state index < -0.39 is 10.2 Å². The maximum Gasteiger partial charge on any atom is 0.207 e. The smallest absolute Gasteiger partial charge is 0.207 e. The van der Waals surface area contributed by atoms with Gasteiger partial charge in [-0.1, -0.05) is 121 Å². The van der Waals surface area contributed by atoms with E-state index in [4.69, 9.17) is 0 Å². The predicted octanol–water partition coefficient (Wildman–Crippen LogP) is 6.17. The molecule has 2 heteroatoms. The van der Waals surface area contributed by atoms with Crippen LogP contribution in [0.3, 0.4) is 0 Å². The Labute approximate surface area is 174 Å². The fourth-order valence-electron chi connectivity index (χ4n) is 5.28. The second-order valence-corrected chi connectivity index (χ2v) is 8.83. The number of carbonyl (C=O) groups excluding carboxylic acids is 1. The molecule has 1 aliphatic heterocycles. The quantitative estimate of drug-likeness (QED) is 0.407.